The summed E-state index contributed by atoms with van der Waals surface area (Å²) in [6, 6.07) is 21.5. The van der Waals surface area contributed by atoms with Crippen LogP contribution in [0.5, 0.6) is 23.0 Å². The number of amides is 2. The molecule has 2 aliphatic heterocycles. The lowest BCUT2D eigenvalue weighted by atomic mass is 9.87. The highest BCUT2D eigenvalue weighted by Crippen LogP contribution is 2.36. The zero-order valence-corrected chi connectivity index (χ0v) is 29.9. The molecule has 2 aliphatic rings. The Morgan fingerprint density at radius 1 is 0.920 bits per heavy atom. The van der Waals surface area contributed by atoms with Crippen LogP contribution < -0.4 is 23.8 Å². The van der Waals surface area contributed by atoms with Gasteiger partial charge in [0.05, 0.1) is 45.3 Å². The zero-order chi connectivity index (χ0) is 35.5. The van der Waals surface area contributed by atoms with Crippen LogP contribution in [-0.2, 0) is 25.6 Å². The van der Waals surface area contributed by atoms with Crippen LogP contribution in [-0.4, -0.2) is 88.9 Å². The summed E-state index contributed by atoms with van der Waals surface area (Å²) < 4.78 is 40.4. The molecule has 0 spiro atoms. The Morgan fingerprint density at radius 3 is 2.42 bits per heavy atom. The molecule has 5 rings (SSSR count). The lowest BCUT2D eigenvalue weighted by Gasteiger charge is -2.39. The number of carbonyl (C=O) groups excluding carboxylic acids is 2. The van der Waals surface area contributed by atoms with Gasteiger partial charge in [-0.1, -0.05) is 30.3 Å². The van der Waals surface area contributed by atoms with Crippen LogP contribution in [0, 0.1) is 0 Å². The van der Waals surface area contributed by atoms with Crippen molar-refractivity contribution in [3.8, 4) is 23.0 Å². The van der Waals surface area contributed by atoms with Crippen LogP contribution >= 0.6 is 0 Å². The van der Waals surface area contributed by atoms with E-state index in [1.54, 1.807) is 24.0 Å². The largest absolute Gasteiger partial charge is 0.493 e. The van der Waals surface area contributed by atoms with E-state index in [1.165, 1.54) is 0 Å². The highest BCUT2D eigenvalue weighted by Gasteiger charge is 2.35. The third-order valence-corrected chi connectivity index (χ3v) is 8.56. The summed E-state index contributed by atoms with van der Waals surface area (Å²) in [5.41, 5.74) is 2.15. The fourth-order valence-electron chi connectivity index (χ4n) is 6.09. The minimum absolute atomic E-state index is 0.0161. The Morgan fingerprint density at radius 2 is 1.68 bits per heavy atom. The van der Waals surface area contributed by atoms with Gasteiger partial charge in [0, 0.05) is 39.1 Å². The lowest BCUT2D eigenvalue weighted by Crippen LogP contribution is -2.48. The van der Waals surface area contributed by atoms with Crippen molar-refractivity contribution in [2.75, 3.05) is 65.2 Å². The Balaban J connectivity index is 1.23. The smallest absolute Gasteiger partial charge is 0.410 e. The number of hydrogen-bond donors (Lipinski definition) is 0. The van der Waals surface area contributed by atoms with E-state index in [9.17, 15) is 9.59 Å². The van der Waals surface area contributed by atoms with E-state index in [2.05, 4.69) is 12.1 Å². The minimum Gasteiger partial charge on any atom is -0.493 e. The maximum Gasteiger partial charge on any atom is 0.410 e. The van der Waals surface area contributed by atoms with Crippen molar-refractivity contribution >= 4 is 17.7 Å². The number of hydrogen-bond acceptors (Lipinski definition) is 9. The Kier molecular flexibility index (Phi) is 12.8. The fourth-order valence-corrected chi connectivity index (χ4v) is 6.09. The van der Waals surface area contributed by atoms with Gasteiger partial charge in [-0.05, 0) is 81.1 Å². The topological polar surface area (TPSA) is 105 Å². The van der Waals surface area contributed by atoms with Crippen LogP contribution in [0.3, 0.4) is 0 Å². The number of carbonyl (C=O) groups is 2. The number of piperidine rings is 1. The Hall–Kier alpha value is -4.48. The molecule has 2 amide bonds. The third-order valence-electron chi connectivity index (χ3n) is 8.56. The summed E-state index contributed by atoms with van der Waals surface area (Å²) in [5.74, 6) is 2.83. The van der Waals surface area contributed by atoms with Gasteiger partial charge in [-0.25, -0.2) is 4.79 Å². The van der Waals surface area contributed by atoms with Crippen molar-refractivity contribution in [2.45, 2.75) is 64.3 Å². The Bertz CT molecular complexity index is 1560. The molecule has 3 aromatic carbocycles. The predicted octanol–water partition coefficient (Wildman–Crippen LogP) is 6.61. The normalized spacial score (nSPS) is 17.5. The molecule has 11 heteroatoms. The molecule has 270 valence electrons. The van der Waals surface area contributed by atoms with Gasteiger partial charge in [0.15, 0.2) is 18.1 Å². The number of rotatable bonds is 15. The van der Waals surface area contributed by atoms with Gasteiger partial charge in [0.2, 0.25) is 0 Å². The molecule has 0 saturated carbocycles. The van der Waals surface area contributed by atoms with Gasteiger partial charge in [0.25, 0.3) is 5.91 Å². The van der Waals surface area contributed by atoms with Crippen molar-refractivity contribution < 1.29 is 42.7 Å². The molecule has 2 heterocycles. The summed E-state index contributed by atoms with van der Waals surface area (Å²) in [4.78, 5) is 29.3. The molecule has 50 heavy (non-hydrogen) atoms. The van der Waals surface area contributed by atoms with Crippen molar-refractivity contribution in [1.29, 1.82) is 0 Å². The van der Waals surface area contributed by atoms with E-state index < -0.39 is 5.60 Å². The highest BCUT2D eigenvalue weighted by atomic mass is 16.6. The first kappa shape index (κ1) is 36.8. The second-order valence-electron chi connectivity index (χ2n) is 13.4. The number of benzene rings is 3. The van der Waals surface area contributed by atoms with Crippen molar-refractivity contribution in [2.24, 2.45) is 0 Å². The van der Waals surface area contributed by atoms with Crippen molar-refractivity contribution in [1.82, 2.24) is 4.90 Å². The monoisotopic (exact) mass is 690 g/mol. The molecule has 0 radical (unpaired) electrons. The highest BCUT2D eigenvalue weighted by molar-refractivity contribution is 5.97. The van der Waals surface area contributed by atoms with E-state index >= 15 is 0 Å². The second-order valence-corrected chi connectivity index (χ2v) is 13.4. The molecular weight excluding hydrogens is 640 g/mol. The van der Waals surface area contributed by atoms with E-state index in [-0.39, 0.29) is 30.6 Å². The van der Waals surface area contributed by atoms with Gasteiger partial charge in [-0.3, -0.25) is 4.79 Å². The molecule has 2 atom stereocenters. The number of methoxy groups -OCH3 is 2. The number of likely N-dealkylation sites (tertiary alicyclic amines) is 1. The van der Waals surface area contributed by atoms with Gasteiger partial charge < -0.3 is 43.0 Å². The SMILES string of the molecule is COCCCN1C(=O)COc2ccc(COC3CN(C(=O)OC(C)(C)C)CCC3c3ccc(OCCCOc4ccccc4OC)cc3)cc21. The molecule has 0 bridgehead atoms. The second kappa shape index (κ2) is 17.4. The average molecular weight is 691 g/mol. The average Bonchev–Trinajstić information content (AvgIpc) is 3.11. The standard InChI is InChI=1S/C39H50N2O9/c1-39(2,3)50-38(43)40-20-18-31(29-13-15-30(16-14-29)46-22-9-23-47-35-11-7-6-10-34(35)45-5)36(25-40)48-26-28-12-17-33-32(24-28)41(19-8-21-44-4)37(42)27-49-33/h6-7,10-17,24,31,36H,8-9,18-23,25-27H2,1-5H3. The number of para-hydroxylation sites is 2. The number of fused-ring (bicyclic) bond motifs is 1. The molecule has 11 nitrogen and oxygen atoms in total. The van der Waals surface area contributed by atoms with Crippen molar-refractivity contribution in [3.05, 3.63) is 77.9 Å². The van der Waals surface area contributed by atoms with Crippen molar-refractivity contribution in [3.63, 3.8) is 0 Å². The Labute approximate surface area is 295 Å². The summed E-state index contributed by atoms with van der Waals surface area (Å²) in [6.45, 7) is 8.98. The first-order valence-electron chi connectivity index (χ1n) is 17.3. The first-order chi connectivity index (χ1) is 24.1. The van der Waals surface area contributed by atoms with E-state index in [4.69, 9.17) is 33.2 Å². The maximum atomic E-state index is 13.1. The van der Waals surface area contributed by atoms with Crippen LogP contribution in [0.1, 0.15) is 57.1 Å². The van der Waals surface area contributed by atoms with Crippen LogP contribution in [0.15, 0.2) is 66.7 Å². The summed E-state index contributed by atoms with van der Waals surface area (Å²) in [6.07, 6.45) is 1.51. The third kappa shape index (κ3) is 10.0. The molecule has 1 fully saturated rings. The molecule has 1 saturated heterocycles. The van der Waals surface area contributed by atoms with Gasteiger partial charge in [-0.15, -0.1) is 0 Å². The minimum atomic E-state index is -0.599. The first-order valence-corrected chi connectivity index (χ1v) is 17.3. The summed E-state index contributed by atoms with van der Waals surface area (Å²) in [5, 5.41) is 0. The van der Waals surface area contributed by atoms with E-state index in [1.807, 2.05) is 75.4 Å². The lowest BCUT2D eigenvalue weighted by molar-refractivity contribution is -0.121. The maximum absolute atomic E-state index is 13.1. The zero-order valence-electron chi connectivity index (χ0n) is 29.9. The number of ether oxygens (including phenoxy) is 7. The predicted molar refractivity (Wildman–Crippen MR) is 190 cm³/mol. The molecular formula is C39H50N2O9. The van der Waals surface area contributed by atoms with Crippen LogP contribution in [0.4, 0.5) is 10.5 Å². The van der Waals surface area contributed by atoms with Gasteiger partial charge in [-0.2, -0.15) is 0 Å². The molecule has 2 unspecified atom stereocenters. The number of anilines is 1. The molecule has 0 N–H and O–H groups in total. The van der Waals surface area contributed by atoms with Crippen LogP contribution in [0.2, 0.25) is 0 Å². The quantitative estimate of drug-likeness (QED) is 0.163. The van der Waals surface area contributed by atoms with Gasteiger partial charge >= 0.3 is 6.09 Å². The molecule has 3 aromatic rings. The summed E-state index contributed by atoms with van der Waals surface area (Å²) in [7, 11) is 3.28. The fraction of sp³-hybridized carbons (Fsp3) is 0.487. The van der Waals surface area contributed by atoms with Gasteiger partial charge in [0.1, 0.15) is 17.1 Å². The van der Waals surface area contributed by atoms with E-state index in [0.29, 0.717) is 76.2 Å². The molecule has 0 aromatic heterocycles. The van der Waals surface area contributed by atoms with E-state index in [0.717, 1.165) is 29.0 Å². The number of nitrogens with zero attached hydrogens (tertiary/aromatic N) is 2. The molecule has 0 aliphatic carbocycles. The summed E-state index contributed by atoms with van der Waals surface area (Å²) >= 11 is 0. The van der Waals surface area contributed by atoms with Crippen LogP contribution in [0.25, 0.3) is 0 Å².